The zero-order valence-corrected chi connectivity index (χ0v) is 11.7. The van der Waals surface area contributed by atoms with Crippen LogP contribution in [0.1, 0.15) is 30.5 Å². The number of carbonyl (C=O) groups is 2. The van der Waals surface area contributed by atoms with E-state index in [1.165, 1.54) is 29.8 Å². The van der Waals surface area contributed by atoms with E-state index in [9.17, 15) is 9.59 Å². The summed E-state index contributed by atoms with van der Waals surface area (Å²) in [6.45, 7) is 1.90. The Bertz CT molecular complexity index is 567. The van der Waals surface area contributed by atoms with Crippen molar-refractivity contribution >= 4 is 34.4 Å². The third kappa shape index (κ3) is 2.52. The van der Waals surface area contributed by atoms with E-state index in [1.54, 1.807) is 6.07 Å². The number of Topliss-reactive ketones (excluding diaryl/α,β-unsaturated/α-hetero) is 1. The maximum atomic E-state index is 12.1. The molecule has 94 valence electrons. The molecule has 0 aliphatic heterocycles. The summed E-state index contributed by atoms with van der Waals surface area (Å²) < 4.78 is 4.73. The maximum Gasteiger partial charge on any atom is 0.348 e. The second-order valence-corrected chi connectivity index (χ2v) is 5.62. The van der Waals surface area contributed by atoms with Gasteiger partial charge in [-0.05, 0) is 34.9 Å². The largest absolute Gasteiger partial charge is 0.465 e. The van der Waals surface area contributed by atoms with E-state index in [0.717, 1.165) is 16.0 Å². The molecule has 0 spiro atoms. The number of hydrogen-bond acceptors (Lipinski definition) is 5. The van der Waals surface area contributed by atoms with Crippen LogP contribution in [0, 0.1) is 6.92 Å². The van der Waals surface area contributed by atoms with Gasteiger partial charge in [-0.1, -0.05) is 6.07 Å². The lowest BCUT2D eigenvalue weighted by atomic mass is 10.0. The van der Waals surface area contributed by atoms with Crippen molar-refractivity contribution in [2.24, 2.45) is 0 Å². The van der Waals surface area contributed by atoms with Gasteiger partial charge in [0, 0.05) is 6.42 Å². The van der Waals surface area contributed by atoms with Gasteiger partial charge in [0.15, 0.2) is 5.78 Å². The Hall–Kier alpha value is -1.46. The molecule has 0 N–H and O–H groups in total. The van der Waals surface area contributed by atoms with Crippen molar-refractivity contribution < 1.29 is 14.3 Å². The fourth-order valence-corrected chi connectivity index (χ4v) is 3.29. The first kappa shape index (κ1) is 13.0. The molecule has 0 aliphatic carbocycles. The molecular weight excluding hydrogens is 268 g/mol. The normalized spacial score (nSPS) is 10.3. The minimum Gasteiger partial charge on any atom is -0.465 e. The summed E-state index contributed by atoms with van der Waals surface area (Å²) in [5, 5.41) is 3.75. The molecule has 0 aliphatic rings. The third-order valence-electron chi connectivity index (χ3n) is 2.61. The summed E-state index contributed by atoms with van der Waals surface area (Å²) in [5.74, 6) is -0.335. The molecule has 2 aromatic heterocycles. The molecule has 0 fully saturated rings. The van der Waals surface area contributed by atoms with E-state index in [4.69, 9.17) is 4.74 Å². The number of ketones is 1. The number of hydrogen-bond donors (Lipinski definition) is 0. The minimum atomic E-state index is -0.373. The van der Waals surface area contributed by atoms with Crippen LogP contribution in [0.25, 0.3) is 0 Å². The Balaban J connectivity index is 2.26. The molecule has 2 heterocycles. The summed E-state index contributed by atoms with van der Waals surface area (Å²) in [6.07, 6.45) is 0.250. The highest BCUT2D eigenvalue weighted by atomic mass is 32.1. The van der Waals surface area contributed by atoms with Crippen molar-refractivity contribution in [3.8, 4) is 0 Å². The van der Waals surface area contributed by atoms with Crippen molar-refractivity contribution in [1.82, 2.24) is 0 Å². The van der Waals surface area contributed by atoms with Crippen LogP contribution in [0.2, 0.25) is 0 Å². The van der Waals surface area contributed by atoms with Gasteiger partial charge in [0.05, 0.1) is 12.0 Å². The van der Waals surface area contributed by atoms with E-state index >= 15 is 0 Å². The monoisotopic (exact) mass is 280 g/mol. The molecule has 0 aromatic carbocycles. The molecule has 0 atom stereocenters. The summed E-state index contributed by atoms with van der Waals surface area (Å²) in [7, 11) is 1.35. The van der Waals surface area contributed by atoms with Crippen LogP contribution in [0.5, 0.6) is 0 Å². The standard InChI is InChI=1S/C13H12O3S2/c1-8-7-18-12(13(15)16-2)9(8)6-10(14)11-4-3-5-17-11/h3-5,7H,6H2,1-2H3. The Morgan fingerprint density at radius 3 is 2.72 bits per heavy atom. The number of aryl methyl sites for hydroxylation is 1. The Morgan fingerprint density at radius 2 is 2.11 bits per heavy atom. The van der Waals surface area contributed by atoms with Crippen LogP contribution >= 0.6 is 22.7 Å². The first-order chi connectivity index (χ1) is 8.63. The topological polar surface area (TPSA) is 43.4 Å². The molecule has 2 aromatic rings. The smallest absolute Gasteiger partial charge is 0.348 e. The summed E-state index contributed by atoms with van der Waals surface area (Å²) in [5.41, 5.74) is 1.75. The molecule has 5 heteroatoms. The number of esters is 1. The lowest BCUT2D eigenvalue weighted by molar-refractivity contribution is 0.0605. The molecule has 0 bridgehead atoms. The van der Waals surface area contributed by atoms with Crippen LogP contribution in [0.4, 0.5) is 0 Å². The van der Waals surface area contributed by atoms with Gasteiger partial charge >= 0.3 is 5.97 Å². The fraction of sp³-hybridized carbons (Fsp3) is 0.231. The quantitative estimate of drug-likeness (QED) is 0.637. The number of rotatable bonds is 4. The van der Waals surface area contributed by atoms with E-state index in [-0.39, 0.29) is 18.2 Å². The van der Waals surface area contributed by atoms with Gasteiger partial charge < -0.3 is 4.74 Å². The van der Waals surface area contributed by atoms with Crippen LogP contribution in [-0.4, -0.2) is 18.9 Å². The van der Waals surface area contributed by atoms with Gasteiger partial charge in [-0.3, -0.25) is 4.79 Å². The highest BCUT2D eigenvalue weighted by molar-refractivity contribution is 7.12. The lowest BCUT2D eigenvalue weighted by Crippen LogP contribution is -2.08. The molecule has 0 unspecified atom stereocenters. The average Bonchev–Trinajstić information content (AvgIpc) is 2.99. The minimum absolute atomic E-state index is 0.0386. The van der Waals surface area contributed by atoms with E-state index in [1.807, 2.05) is 23.8 Å². The fourth-order valence-electron chi connectivity index (χ4n) is 1.64. The molecule has 0 saturated heterocycles. The Morgan fingerprint density at radius 1 is 1.33 bits per heavy atom. The van der Waals surface area contributed by atoms with Crippen molar-refractivity contribution in [1.29, 1.82) is 0 Å². The molecular formula is C13H12O3S2. The average molecular weight is 280 g/mol. The molecule has 18 heavy (non-hydrogen) atoms. The molecule has 0 amide bonds. The van der Waals surface area contributed by atoms with Gasteiger partial charge in [0.25, 0.3) is 0 Å². The Kier molecular flexibility index (Phi) is 3.93. The third-order valence-corrected chi connectivity index (χ3v) is 4.64. The zero-order valence-electron chi connectivity index (χ0n) is 10.1. The predicted octanol–water partition coefficient (Wildman–Crippen LogP) is 3.33. The van der Waals surface area contributed by atoms with Gasteiger partial charge in [-0.25, -0.2) is 4.79 Å². The lowest BCUT2D eigenvalue weighted by Gasteiger charge is -2.02. The van der Waals surface area contributed by atoms with Crippen LogP contribution in [-0.2, 0) is 11.2 Å². The number of thiophene rings is 2. The molecule has 0 saturated carbocycles. The van der Waals surface area contributed by atoms with Crippen LogP contribution < -0.4 is 0 Å². The highest BCUT2D eigenvalue weighted by Crippen LogP contribution is 2.25. The number of carbonyl (C=O) groups excluding carboxylic acids is 2. The summed E-state index contributed by atoms with van der Waals surface area (Å²) in [6, 6.07) is 3.64. The van der Waals surface area contributed by atoms with Gasteiger partial charge in [-0.2, -0.15) is 0 Å². The summed E-state index contributed by atoms with van der Waals surface area (Å²) in [4.78, 5) is 24.9. The number of methoxy groups -OCH3 is 1. The second kappa shape index (κ2) is 5.46. The van der Waals surface area contributed by atoms with Gasteiger partial charge in [0.1, 0.15) is 4.88 Å². The first-order valence-corrected chi connectivity index (χ1v) is 7.11. The Labute approximate surface area is 113 Å². The van der Waals surface area contributed by atoms with Gasteiger partial charge in [0.2, 0.25) is 0 Å². The van der Waals surface area contributed by atoms with Crippen molar-refractivity contribution in [2.45, 2.75) is 13.3 Å². The second-order valence-electron chi connectivity index (χ2n) is 3.80. The van der Waals surface area contributed by atoms with Crippen LogP contribution in [0.15, 0.2) is 22.9 Å². The van der Waals surface area contributed by atoms with Gasteiger partial charge in [-0.15, -0.1) is 22.7 Å². The number of ether oxygens (including phenoxy) is 1. The predicted molar refractivity (Wildman–Crippen MR) is 72.7 cm³/mol. The molecule has 0 radical (unpaired) electrons. The van der Waals surface area contributed by atoms with Crippen molar-refractivity contribution in [3.63, 3.8) is 0 Å². The van der Waals surface area contributed by atoms with Crippen LogP contribution in [0.3, 0.4) is 0 Å². The van der Waals surface area contributed by atoms with E-state index in [0.29, 0.717) is 4.88 Å². The van der Waals surface area contributed by atoms with Crippen molar-refractivity contribution in [2.75, 3.05) is 7.11 Å². The zero-order chi connectivity index (χ0) is 13.1. The highest BCUT2D eigenvalue weighted by Gasteiger charge is 2.19. The SMILES string of the molecule is COC(=O)c1scc(C)c1CC(=O)c1cccs1. The van der Waals surface area contributed by atoms with E-state index < -0.39 is 0 Å². The maximum absolute atomic E-state index is 12.1. The molecule has 2 rings (SSSR count). The van der Waals surface area contributed by atoms with Crippen molar-refractivity contribution in [3.05, 3.63) is 43.8 Å². The summed E-state index contributed by atoms with van der Waals surface area (Å²) >= 11 is 2.74. The van der Waals surface area contributed by atoms with E-state index in [2.05, 4.69) is 0 Å². The molecule has 3 nitrogen and oxygen atoms in total. The first-order valence-electron chi connectivity index (χ1n) is 5.35.